The summed E-state index contributed by atoms with van der Waals surface area (Å²) in [5.74, 6) is 0.134. The molecule has 0 amide bonds. The molecule has 7 rings (SSSR count). The second kappa shape index (κ2) is 14.0. The molecular weight excluding hydrogens is 814 g/mol. The van der Waals surface area contributed by atoms with Crippen molar-refractivity contribution in [3.63, 3.8) is 0 Å². The topological polar surface area (TPSA) is 114 Å². The van der Waals surface area contributed by atoms with Gasteiger partial charge >= 0.3 is 0 Å². The molecule has 14 heteroatoms. The first-order valence-corrected chi connectivity index (χ1v) is 15.4. The van der Waals surface area contributed by atoms with Crippen molar-refractivity contribution in [3.8, 4) is 11.5 Å². The van der Waals surface area contributed by atoms with E-state index in [0.717, 1.165) is 48.0 Å². The van der Waals surface area contributed by atoms with Crippen LogP contribution in [-0.4, -0.2) is 104 Å². The third-order valence-electron chi connectivity index (χ3n) is 9.06. The molecule has 0 saturated carbocycles. The molecule has 0 radical (unpaired) electrons. The second-order valence-corrected chi connectivity index (χ2v) is 12.8. The summed E-state index contributed by atoms with van der Waals surface area (Å²) in [7, 11) is 4.54. The van der Waals surface area contributed by atoms with E-state index in [1.54, 1.807) is 36.4 Å². The van der Waals surface area contributed by atoms with Crippen molar-refractivity contribution >= 4 is 11.6 Å². The molecule has 0 atom stereocenters. The van der Waals surface area contributed by atoms with Gasteiger partial charge in [0.25, 0.3) is 0 Å². The van der Waals surface area contributed by atoms with Gasteiger partial charge in [0, 0.05) is 37.1 Å². The van der Waals surface area contributed by atoms with Crippen LogP contribution in [0.3, 0.4) is 0 Å². The minimum absolute atomic E-state index is 0. The van der Waals surface area contributed by atoms with Crippen molar-refractivity contribution in [2.24, 2.45) is 0 Å². The van der Waals surface area contributed by atoms with Gasteiger partial charge in [-0.3, -0.25) is 19.0 Å². The largest absolute Gasteiger partial charge is 1.00 e. The smallest absolute Gasteiger partial charge is 0.198 e. The van der Waals surface area contributed by atoms with E-state index < -0.39 is 0 Å². The van der Waals surface area contributed by atoms with E-state index in [9.17, 15) is 9.59 Å². The van der Waals surface area contributed by atoms with Crippen LogP contribution in [0, 0.1) is 0 Å². The quantitative estimate of drug-likeness (QED) is 0.0644. The number of rotatable bonds is 14. The summed E-state index contributed by atoms with van der Waals surface area (Å²) in [5, 5.41) is 16.9. The molecule has 2 aromatic heterocycles. The van der Waals surface area contributed by atoms with E-state index in [-0.39, 0.29) is 83.9 Å². The molecule has 0 spiro atoms. The number of nitrogens with zero attached hydrogens (tertiary/aromatic N) is 8. The number of hydrogen-bond donors (Lipinski definition) is 0. The summed E-state index contributed by atoms with van der Waals surface area (Å²) in [6.07, 6.45) is 5.81. The van der Waals surface area contributed by atoms with Crippen LogP contribution in [-0.2, 0) is 26.3 Å². The molecule has 244 valence electrons. The molecular formula is C32H38I2N8O4. The zero-order chi connectivity index (χ0) is 30.3. The first kappa shape index (κ1) is 34.4. The molecule has 2 aliphatic heterocycles. The van der Waals surface area contributed by atoms with Gasteiger partial charge in [0.1, 0.15) is 62.3 Å². The molecule has 2 aromatic carbocycles. The number of fused-ring (bicyclic) bond motifs is 2. The number of aromatic nitrogens is 6. The molecule has 2 fully saturated rings. The fourth-order valence-electron chi connectivity index (χ4n) is 5.77. The van der Waals surface area contributed by atoms with Crippen LogP contribution in [0.25, 0.3) is 0 Å². The normalized spacial score (nSPS) is 16.5. The zero-order valence-electron chi connectivity index (χ0n) is 26.1. The van der Waals surface area contributed by atoms with Gasteiger partial charge in [-0.1, -0.05) is 34.7 Å². The molecule has 0 N–H and O–H groups in total. The average molecular weight is 853 g/mol. The monoisotopic (exact) mass is 852 g/mol. The van der Waals surface area contributed by atoms with Crippen LogP contribution in [0.1, 0.15) is 56.1 Å². The van der Waals surface area contributed by atoms with Crippen LogP contribution >= 0.6 is 0 Å². The lowest BCUT2D eigenvalue weighted by atomic mass is 9.83. The third kappa shape index (κ3) is 7.60. The van der Waals surface area contributed by atoms with Gasteiger partial charge in [0.15, 0.2) is 11.6 Å². The first-order valence-electron chi connectivity index (χ1n) is 15.4. The van der Waals surface area contributed by atoms with Gasteiger partial charge < -0.3 is 66.4 Å². The maximum atomic E-state index is 13.8. The molecule has 4 aromatic rings. The van der Waals surface area contributed by atoms with Gasteiger partial charge in [-0.05, 0) is 12.1 Å². The first-order chi connectivity index (χ1) is 21.3. The summed E-state index contributed by atoms with van der Waals surface area (Å²) in [4.78, 5) is 27.5. The van der Waals surface area contributed by atoms with Crippen LogP contribution < -0.4 is 57.4 Å². The SMILES string of the molecule is C[N+]1(CCCn2cc(COc3cccc4c3C(=O)c3cccc(OCc5cn(CCC[N+]6(C)CC6)nn5)c3C4=O)nn2)CC1.[I-].[I-]. The van der Waals surface area contributed by atoms with Crippen molar-refractivity contribution in [1.82, 2.24) is 30.0 Å². The van der Waals surface area contributed by atoms with E-state index in [2.05, 4.69) is 34.7 Å². The third-order valence-corrected chi connectivity index (χ3v) is 9.06. The standard InChI is InChI=1S/C32H38N8O4.2HI/c1-39(15-16-39)13-5-11-37-19-23(33-35-37)21-43-27-9-3-7-25-29(27)31(41)26-8-4-10-28(30(26)32(25)42)44-22-24-20-38(36-34-24)12-6-14-40(2)17-18-40;;/h3-4,7-10,19-20H,5-6,11-18,21-22H2,1-2H3;2*1H/q+2;;/p-2. The lowest BCUT2D eigenvalue weighted by Gasteiger charge is -2.22. The molecule has 3 aliphatic rings. The summed E-state index contributed by atoms with van der Waals surface area (Å²) in [6, 6.07) is 10.2. The number of quaternary nitrogens is 2. The Morgan fingerprint density at radius 2 is 1.09 bits per heavy atom. The maximum Gasteiger partial charge on any atom is 0.198 e. The van der Waals surface area contributed by atoms with Crippen LogP contribution in [0.5, 0.6) is 11.5 Å². The highest BCUT2D eigenvalue weighted by atomic mass is 127. The van der Waals surface area contributed by atoms with Gasteiger partial charge in [-0.15, -0.1) is 10.2 Å². The molecule has 4 heterocycles. The Balaban J connectivity index is 0.00000208. The Morgan fingerprint density at radius 3 is 1.48 bits per heavy atom. The van der Waals surface area contributed by atoms with E-state index in [4.69, 9.17) is 9.47 Å². The summed E-state index contributed by atoms with van der Waals surface area (Å²) in [5.41, 5.74) is 2.42. The fraction of sp³-hybridized carbons (Fsp3) is 0.438. The van der Waals surface area contributed by atoms with Gasteiger partial charge in [0.05, 0.1) is 50.7 Å². The number of ether oxygens (including phenoxy) is 2. The average Bonchev–Trinajstić information content (AvgIpc) is 3.80. The lowest BCUT2D eigenvalue weighted by molar-refractivity contribution is -0.777. The molecule has 0 unspecified atom stereocenters. The summed E-state index contributed by atoms with van der Waals surface area (Å²) in [6.45, 7) is 9.14. The van der Waals surface area contributed by atoms with Crippen molar-refractivity contribution < 1.29 is 76.0 Å². The van der Waals surface area contributed by atoms with Crippen molar-refractivity contribution in [2.75, 3.05) is 53.4 Å². The van der Waals surface area contributed by atoms with E-state index >= 15 is 0 Å². The minimum Gasteiger partial charge on any atom is -1.00 e. The molecule has 1 aliphatic carbocycles. The predicted molar refractivity (Wildman–Crippen MR) is 159 cm³/mol. The highest BCUT2D eigenvalue weighted by molar-refractivity contribution is 6.30. The number of aryl methyl sites for hydroxylation is 2. The number of benzene rings is 2. The number of carbonyl (C=O) groups is 2. The molecule has 0 bridgehead atoms. The van der Waals surface area contributed by atoms with Crippen LogP contribution in [0.2, 0.25) is 0 Å². The molecule has 2 saturated heterocycles. The number of ketones is 2. The molecule has 12 nitrogen and oxygen atoms in total. The lowest BCUT2D eigenvalue weighted by Crippen LogP contribution is -3.00. The Kier molecular flexibility index (Phi) is 10.5. The second-order valence-electron chi connectivity index (χ2n) is 12.8. The van der Waals surface area contributed by atoms with E-state index in [1.165, 1.54) is 26.2 Å². The number of likely N-dealkylation sites (N-methyl/N-ethyl adjacent to an activating group) is 2. The zero-order valence-corrected chi connectivity index (χ0v) is 30.4. The Labute approximate surface area is 302 Å². The summed E-state index contributed by atoms with van der Waals surface area (Å²) >= 11 is 0. The predicted octanol–water partition coefficient (Wildman–Crippen LogP) is -3.49. The Morgan fingerprint density at radius 1 is 0.674 bits per heavy atom. The van der Waals surface area contributed by atoms with Gasteiger partial charge in [0.2, 0.25) is 0 Å². The molecule has 46 heavy (non-hydrogen) atoms. The Hall–Kier alpha value is -2.96. The van der Waals surface area contributed by atoms with Crippen LogP contribution in [0.15, 0.2) is 48.8 Å². The van der Waals surface area contributed by atoms with Crippen LogP contribution in [0.4, 0.5) is 0 Å². The van der Waals surface area contributed by atoms with E-state index in [1.807, 2.05) is 21.8 Å². The Bertz CT molecular complexity index is 1600. The van der Waals surface area contributed by atoms with Gasteiger partial charge in [-0.25, -0.2) is 0 Å². The maximum absolute atomic E-state index is 13.8. The van der Waals surface area contributed by atoms with E-state index in [0.29, 0.717) is 34.0 Å². The van der Waals surface area contributed by atoms with Crippen molar-refractivity contribution in [2.45, 2.75) is 39.1 Å². The fourth-order valence-corrected chi connectivity index (χ4v) is 5.77. The number of hydrogen-bond acceptors (Lipinski definition) is 8. The van der Waals surface area contributed by atoms with Gasteiger partial charge in [-0.2, -0.15) is 0 Å². The van der Waals surface area contributed by atoms with Crippen molar-refractivity contribution in [1.29, 1.82) is 0 Å². The highest BCUT2D eigenvalue weighted by Crippen LogP contribution is 2.37. The number of halogens is 2. The highest BCUT2D eigenvalue weighted by Gasteiger charge is 2.37. The summed E-state index contributed by atoms with van der Waals surface area (Å²) < 4.78 is 18.0. The van der Waals surface area contributed by atoms with Crippen molar-refractivity contribution in [3.05, 3.63) is 82.4 Å². The minimum atomic E-state index is -0.278. The number of carbonyl (C=O) groups excluding carboxylic acids is 2.